The number of hydrogen-bond acceptors (Lipinski definition) is 5. The maximum Gasteiger partial charge on any atom is 0.290 e. The Kier molecular flexibility index (Phi) is 4.67. The lowest BCUT2D eigenvalue weighted by Crippen LogP contribution is -2.48. The van der Waals surface area contributed by atoms with Gasteiger partial charge in [-0.3, -0.25) is 19.9 Å². The second-order valence-corrected chi connectivity index (χ2v) is 11.3. The highest BCUT2D eigenvalue weighted by Gasteiger charge is 2.52. The summed E-state index contributed by atoms with van der Waals surface area (Å²) < 4.78 is 0. The van der Waals surface area contributed by atoms with E-state index in [0.717, 1.165) is 71.2 Å². The van der Waals surface area contributed by atoms with Crippen molar-refractivity contribution in [3.05, 3.63) is 51.5 Å². The smallest absolute Gasteiger partial charge is 0.290 e. The number of thioether (sulfide) groups is 1. The number of nitrogens with zero attached hydrogens (tertiary/aromatic N) is 1. The molecule has 7 heteroatoms. The lowest BCUT2D eigenvalue weighted by atomic mass is 9.48. The Morgan fingerprint density at radius 1 is 1.09 bits per heavy atom. The van der Waals surface area contributed by atoms with Gasteiger partial charge in [0, 0.05) is 17.3 Å². The van der Waals surface area contributed by atoms with Crippen LogP contribution in [-0.4, -0.2) is 21.2 Å². The highest BCUT2D eigenvalue weighted by Crippen LogP contribution is 2.62. The Morgan fingerprint density at radius 2 is 1.78 bits per heavy atom. The number of halogens is 1. The molecule has 1 aromatic carbocycles. The number of imide groups is 1. The molecule has 0 spiro atoms. The van der Waals surface area contributed by atoms with Gasteiger partial charge in [-0.2, -0.15) is 0 Å². The summed E-state index contributed by atoms with van der Waals surface area (Å²) in [7, 11) is 0. The Labute approximate surface area is 195 Å². The van der Waals surface area contributed by atoms with E-state index in [4.69, 9.17) is 11.6 Å². The largest absolute Gasteiger partial charge is 0.506 e. The Morgan fingerprint density at radius 3 is 2.34 bits per heavy atom. The van der Waals surface area contributed by atoms with E-state index >= 15 is 0 Å². The van der Waals surface area contributed by atoms with Gasteiger partial charge in [-0.25, -0.2) is 0 Å². The lowest BCUT2D eigenvalue weighted by Gasteiger charge is -2.57. The zero-order valence-corrected chi connectivity index (χ0v) is 19.0. The first-order valence-electron chi connectivity index (χ1n) is 11.1. The highest BCUT2D eigenvalue weighted by molar-refractivity contribution is 8.18. The van der Waals surface area contributed by atoms with Crippen LogP contribution in [0.15, 0.2) is 35.4 Å². The number of benzene rings is 1. The fourth-order valence-electron chi connectivity index (χ4n) is 6.83. The maximum absolute atomic E-state index is 11.8. The number of phenols is 1. The van der Waals surface area contributed by atoms with Crippen LogP contribution < -0.4 is 5.32 Å². The summed E-state index contributed by atoms with van der Waals surface area (Å²) in [6.45, 7) is 0. The lowest BCUT2D eigenvalue weighted by molar-refractivity contribution is -0.115. The van der Waals surface area contributed by atoms with Gasteiger partial charge < -0.3 is 5.11 Å². The number of phenolic OH excluding ortho intramolecular Hbond substituents is 1. The van der Waals surface area contributed by atoms with Gasteiger partial charge in [-0.05, 0) is 103 Å². The summed E-state index contributed by atoms with van der Waals surface area (Å²) in [4.78, 5) is 28.1. The molecule has 1 aliphatic heterocycles. The Balaban J connectivity index is 1.34. The van der Waals surface area contributed by atoms with Gasteiger partial charge in [0.05, 0.1) is 15.6 Å². The molecule has 2 heterocycles. The Bertz CT molecular complexity index is 1140. The van der Waals surface area contributed by atoms with Gasteiger partial charge in [-0.1, -0.05) is 17.7 Å². The minimum atomic E-state index is -0.380. The first-order chi connectivity index (χ1) is 15.4. The van der Waals surface area contributed by atoms with Gasteiger partial charge in [0.15, 0.2) is 0 Å². The van der Waals surface area contributed by atoms with Crippen LogP contribution in [0.3, 0.4) is 0 Å². The summed E-state index contributed by atoms with van der Waals surface area (Å²) in [6, 6.07) is 7.63. The Hall–Kier alpha value is -2.31. The number of hydrogen-bond donors (Lipinski definition) is 2. The van der Waals surface area contributed by atoms with Crippen LogP contribution in [-0.2, 0) is 10.2 Å². The van der Waals surface area contributed by atoms with Crippen LogP contribution >= 0.6 is 23.4 Å². The fraction of sp³-hybridized carbons (Fsp3) is 0.400. The molecule has 32 heavy (non-hydrogen) atoms. The predicted molar refractivity (Wildman–Crippen MR) is 125 cm³/mol. The van der Waals surface area contributed by atoms with Crippen LogP contribution in [0.25, 0.3) is 17.3 Å². The van der Waals surface area contributed by atoms with Crippen LogP contribution in [0, 0.1) is 17.8 Å². The number of rotatable bonds is 3. The molecule has 5 fully saturated rings. The number of amides is 2. The highest BCUT2D eigenvalue weighted by atomic mass is 35.5. The molecule has 1 saturated heterocycles. The van der Waals surface area contributed by atoms with Crippen LogP contribution in [0.5, 0.6) is 5.75 Å². The number of aromatic hydroxyl groups is 1. The fourth-order valence-corrected chi connectivity index (χ4v) is 7.73. The average molecular weight is 467 g/mol. The molecule has 2 amide bonds. The van der Waals surface area contributed by atoms with Crippen LogP contribution in [0.2, 0.25) is 5.02 Å². The molecule has 164 valence electrons. The first-order valence-corrected chi connectivity index (χ1v) is 12.3. The van der Waals surface area contributed by atoms with Gasteiger partial charge in [0.2, 0.25) is 0 Å². The number of carbonyl (C=O) groups is 2. The molecule has 1 aromatic heterocycles. The topological polar surface area (TPSA) is 79.3 Å². The average Bonchev–Trinajstić information content (AvgIpc) is 3.06. The zero-order chi connectivity index (χ0) is 22.0. The summed E-state index contributed by atoms with van der Waals surface area (Å²) >= 11 is 7.41. The molecule has 2 aromatic rings. The molecule has 0 unspecified atom stereocenters. The monoisotopic (exact) mass is 466 g/mol. The van der Waals surface area contributed by atoms with Gasteiger partial charge in [0.25, 0.3) is 11.1 Å². The number of aromatic nitrogens is 1. The van der Waals surface area contributed by atoms with Crippen molar-refractivity contribution in [2.75, 3.05) is 0 Å². The van der Waals surface area contributed by atoms with E-state index in [2.05, 4.69) is 16.4 Å². The molecule has 5 aliphatic rings. The number of carbonyl (C=O) groups excluding carboxylic acids is 2. The van der Waals surface area contributed by atoms with E-state index in [9.17, 15) is 14.7 Å². The maximum atomic E-state index is 11.8. The van der Waals surface area contributed by atoms with E-state index in [1.165, 1.54) is 19.3 Å². The minimum absolute atomic E-state index is 0.0302. The second-order valence-electron chi connectivity index (χ2n) is 9.88. The molecular weight excluding hydrogens is 444 g/mol. The van der Waals surface area contributed by atoms with Crippen molar-refractivity contribution in [2.24, 2.45) is 17.8 Å². The summed E-state index contributed by atoms with van der Waals surface area (Å²) in [6.07, 6.45) is 10.8. The summed E-state index contributed by atoms with van der Waals surface area (Å²) in [5.41, 5.74) is 3.42. The van der Waals surface area contributed by atoms with Gasteiger partial charge >= 0.3 is 0 Å². The summed E-state index contributed by atoms with van der Waals surface area (Å²) in [5.74, 6) is 2.16. The standard InChI is InChI=1S/C25H23ClN2O3S/c26-19-8-17(20-2-1-13(12-27-20)6-21-23(30)28-24(31)32-21)7-18(22(19)29)25-9-14-3-15(10-25)5-16(4-14)11-25/h1-2,6-8,12,14-16,29H,3-5,9-11H2,(H,28,30,31)/b21-6-. The predicted octanol–water partition coefficient (Wildman–Crippen LogP) is 5.90. The van der Waals surface area contributed by atoms with Crippen molar-refractivity contribution >= 4 is 40.6 Å². The van der Waals surface area contributed by atoms with Gasteiger partial charge in [-0.15, -0.1) is 0 Å². The van der Waals surface area contributed by atoms with E-state index in [1.54, 1.807) is 18.3 Å². The molecule has 7 rings (SSSR count). The van der Waals surface area contributed by atoms with E-state index in [-0.39, 0.29) is 22.3 Å². The van der Waals surface area contributed by atoms with Crippen molar-refractivity contribution in [3.8, 4) is 17.0 Å². The molecule has 0 atom stereocenters. The SMILES string of the molecule is O=C1NC(=O)/C(=C/c2ccc(-c3cc(Cl)c(O)c(C45CC6CC(CC(C6)C4)C5)c3)nc2)S1. The van der Waals surface area contributed by atoms with E-state index in [0.29, 0.717) is 9.93 Å². The quantitative estimate of drug-likeness (QED) is 0.550. The zero-order valence-electron chi connectivity index (χ0n) is 17.4. The van der Waals surface area contributed by atoms with Crippen LogP contribution in [0.1, 0.15) is 49.7 Å². The van der Waals surface area contributed by atoms with Gasteiger partial charge in [0.1, 0.15) is 5.75 Å². The first kappa shape index (κ1) is 20.3. The molecular formula is C25H23ClN2O3S. The van der Waals surface area contributed by atoms with Crippen LogP contribution in [0.4, 0.5) is 4.79 Å². The molecule has 4 aliphatic carbocycles. The number of pyridine rings is 1. The van der Waals surface area contributed by atoms with Crippen molar-refractivity contribution < 1.29 is 14.7 Å². The molecule has 4 bridgehead atoms. The molecule has 0 radical (unpaired) electrons. The van der Waals surface area contributed by atoms with Crippen molar-refractivity contribution in [3.63, 3.8) is 0 Å². The third-order valence-electron chi connectivity index (χ3n) is 7.69. The van der Waals surface area contributed by atoms with E-state index in [1.807, 2.05) is 12.1 Å². The minimum Gasteiger partial charge on any atom is -0.506 e. The number of nitrogens with one attached hydrogen (secondary N) is 1. The molecule has 4 saturated carbocycles. The van der Waals surface area contributed by atoms with Crippen molar-refractivity contribution in [1.29, 1.82) is 0 Å². The second kappa shape index (κ2) is 7.35. The molecule has 5 nitrogen and oxygen atoms in total. The third kappa shape index (κ3) is 3.35. The van der Waals surface area contributed by atoms with Crippen molar-refractivity contribution in [2.45, 2.75) is 43.9 Å². The normalized spacial score (nSPS) is 32.0. The van der Waals surface area contributed by atoms with Crippen molar-refractivity contribution in [1.82, 2.24) is 10.3 Å². The molecule has 2 N–H and O–H groups in total. The van der Waals surface area contributed by atoms with E-state index < -0.39 is 0 Å². The third-order valence-corrected chi connectivity index (χ3v) is 8.79. The summed E-state index contributed by atoms with van der Waals surface area (Å²) in [5, 5.41) is 13.2.